The van der Waals surface area contributed by atoms with Gasteiger partial charge in [-0.1, -0.05) is 20.8 Å². The summed E-state index contributed by atoms with van der Waals surface area (Å²) in [5.74, 6) is 0.860. The second-order valence-corrected chi connectivity index (χ2v) is 6.97. The van der Waals surface area contributed by atoms with Crippen LogP contribution >= 0.6 is 11.6 Å². The fourth-order valence-corrected chi connectivity index (χ4v) is 2.41. The Hall–Kier alpha value is -1.53. The van der Waals surface area contributed by atoms with Gasteiger partial charge in [-0.3, -0.25) is 0 Å². The van der Waals surface area contributed by atoms with E-state index in [1.165, 1.54) is 0 Å². The zero-order chi connectivity index (χ0) is 15.1. The van der Waals surface area contributed by atoms with E-state index < -0.39 is 0 Å². The molecule has 1 aromatic carbocycles. The molecule has 0 amide bonds. The van der Waals surface area contributed by atoms with Gasteiger partial charge in [0.1, 0.15) is 5.82 Å². The lowest BCUT2D eigenvalue weighted by Gasteiger charge is -2.30. The third-order valence-corrected chi connectivity index (χ3v) is 4.04. The highest BCUT2D eigenvalue weighted by Gasteiger charge is 2.27. The Bertz CT molecular complexity index is 671. The van der Waals surface area contributed by atoms with Gasteiger partial charge in [0.2, 0.25) is 0 Å². The lowest BCUT2D eigenvalue weighted by molar-refractivity contribution is 0.262. The summed E-state index contributed by atoms with van der Waals surface area (Å²) in [6.45, 7) is 10.7. The maximum absolute atomic E-state index is 9.10. The summed E-state index contributed by atoms with van der Waals surface area (Å²) in [5, 5.41) is 8.93. The molecule has 3 nitrogen and oxygen atoms in total. The molecule has 0 aliphatic heterocycles. The van der Waals surface area contributed by atoms with Crippen molar-refractivity contribution >= 4 is 22.6 Å². The number of benzene rings is 1. The van der Waals surface area contributed by atoms with Crippen molar-refractivity contribution < 1.29 is 0 Å². The number of rotatable bonds is 2. The summed E-state index contributed by atoms with van der Waals surface area (Å²) in [7, 11) is 0. The Morgan fingerprint density at radius 1 is 1.30 bits per heavy atom. The van der Waals surface area contributed by atoms with Gasteiger partial charge in [0.25, 0.3) is 0 Å². The first kappa shape index (κ1) is 14.9. The van der Waals surface area contributed by atoms with E-state index in [9.17, 15) is 0 Å². The zero-order valence-electron chi connectivity index (χ0n) is 12.6. The topological polar surface area (TPSA) is 41.6 Å². The van der Waals surface area contributed by atoms with Gasteiger partial charge in [-0.15, -0.1) is 11.6 Å². The number of hydrogen-bond donors (Lipinski definition) is 0. The molecule has 2 aromatic rings. The van der Waals surface area contributed by atoms with E-state index in [1.54, 1.807) is 6.07 Å². The van der Waals surface area contributed by atoms with E-state index in [-0.39, 0.29) is 16.8 Å². The molecule has 2 atom stereocenters. The summed E-state index contributed by atoms with van der Waals surface area (Å²) >= 11 is 6.30. The average Bonchev–Trinajstić information content (AvgIpc) is 2.74. The van der Waals surface area contributed by atoms with Crippen molar-refractivity contribution in [1.29, 1.82) is 5.26 Å². The van der Waals surface area contributed by atoms with Crippen LogP contribution in [0.3, 0.4) is 0 Å². The van der Waals surface area contributed by atoms with Crippen molar-refractivity contribution in [2.45, 2.75) is 46.0 Å². The Morgan fingerprint density at radius 3 is 2.45 bits per heavy atom. The van der Waals surface area contributed by atoms with Crippen molar-refractivity contribution in [3.63, 3.8) is 0 Å². The van der Waals surface area contributed by atoms with Crippen LogP contribution in [0.5, 0.6) is 0 Å². The third-order valence-electron chi connectivity index (χ3n) is 3.84. The van der Waals surface area contributed by atoms with Crippen molar-refractivity contribution in [1.82, 2.24) is 9.55 Å². The molecule has 4 heteroatoms. The van der Waals surface area contributed by atoms with Gasteiger partial charge in [-0.2, -0.15) is 5.26 Å². The number of hydrogen-bond acceptors (Lipinski definition) is 2. The summed E-state index contributed by atoms with van der Waals surface area (Å²) in [6, 6.07) is 8.01. The molecule has 0 radical (unpaired) electrons. The Balaban J connectivity index is 2.77. The summed E-state index contributed by atoms with van der Waals surface area (Å²) in [5.41, 5.74) is 2.60. The number of imidazole rings is 1. The minimum Gasteiger partial charge on any atom is -0.323 e. The van der Waals surface area contributed by atoms with Gasteiger partial charge in [-0.05, 0) is 37.5 Å². The second-order valence-electron chi connectivity index (χ2n) is 6.31. The molecule has 0 saturated heterocycles. The largest absolute Gasteiger partial charge is 0.323 e. The zero-order valence-corrected chi connectivity index (χ0v) is 13.4. The lowest BCUT2D eigenvalue weighted by atomic mass is 9.87. The van der Waals surface area contributed by atoms with Gasteiger partial charge in [0.05, 0.1) is 28.0 Å². The summed E-state index contributed by atoms with van der Waals surface area (Å²) in [4.78, 5) is 4.64. The van der Waals surface area contributed by atoms with E-state index in [1.807, 2.05) is 19.1 Å². The van der Waals surface area contributed by atoms with Crippen molar-refractivity contribution in [2.24, 2.45) is 5.41 Å². The predicted octanol–water partition coefficient (Wildman–Crippen LogP) is 4.81. The first-order valence-electron chi connectivity index (χ1n) is 6.81. The molecule has 0 N–H and O–H groups in total. The molecular formula is C16H20ClN3. The highest BCUT2D eigenvalue weighted by atomic mass is 35.5. The SMILES string of the molecule is CC(Cl)c1nc2ccc(C#N)cc2n1C(C)C(C)(C)C. The number of aromatic nitrogens is 2. The van der Waals surface area contributed by atoms with Crippen LogP contribution in [-0.2, 0) is 0 Å². The number of nitrogens with zero attached hydrogens (tertiary/aromatic N) is 3. The summed E-state index contributed by atoms with van der Waals surface area (Å²) in [6.07, 6.45) is 0. The van der Waals surface area contributed by atoms with Crippen LogP contribution < -0.4 is 0 Å². The maximum atomic E-state index is 9.10. The monoisotopic (exact) mass is 289 g/mol. The molecule has 2 unspecified atom stereocenters. The Morgan fingerprint density at radius 2 is 1.95 bits per heavy atom. The molecule has 1 aromatic heterocycles. The number of nitriles is 1. The average molecular weight is 290 g/mol. The van der Waals surface area contributed by atoms with Gasteiger partial charge >= 0.3 is 0 Å². The Kier molecular flexibility index (Phi) is 3.80. The van der Waals surface area contributed by atoms with Crippen molar-refractivity contribution in [3.8, 4) is 6.07 Å². The minimum absolute atomic E-state index is 0.0802. The quantitative estimate of drug-likeness (QED) is 0.744. The number of halogens is 1. The van der Waals surface area contributed by atoms with E-state index >= 15 is 0 Å². The number of alkyl halides is 1. The fraction of sp³-hybridized carbons (Fsp3) is 0.500. The molecule has 1 heterocycles. The van der Waals surface area contributed by atoms with Gasteiger partial charge in [-0.25, -0.2) is 4.98 Å². The van der Waals surface area contributed by atoms with Crippen LogP contribution in [0.25, 0.3) is 11.0 Å². The second kappa shape index (κ2) is 5.10. The van der Waals surface area contributed by atoms with Crippen LogP contribution in [0.4, 0.5) is 0 Å². The lowest BCUT2D eigenvalue weighted by Crippen LogP contribution is -2.23. The molecule has 0 saturated carbocycles. The molecule has 0 bridgehead atoms. The third kappa shape index (κ3) is 2.53. The van der Waals surface area contributed by atoms with E-state index in [0.717, 1.165) is 16.9 Å². The van der Waals surface area contributed by atoms with Gasteiger partial charge < -0.3 is 4.57 Å². The van der Waals surface area contributed by atoms with E-state index in [0.29, 0.717) is 5.56 Å². The van der Waals surface area contributed by atoms with Crippen LogP contribution in [-0.4, -0.2) is 9.55 Å². The van der Waals surface area contributed by atoms with Crippen LogP contribution in [0.2, 0.25) is 0 Å². The molecule has 0 fully saturated rings. The van der Waals surface area contributed by atoms with Gasteiger partial charge in [0.15, 0.2) is 0 Å². The normalized spacial score (nSPS) is 15.1. The van der Waals surface area contributed by atoms with Gasteiger partial charge in [0, 0.05) is 6.04 Å². The van der Waals surface area contributed by atoms with Crippen LogP contribution in [0.15, 0.2) is 18.2 Å². The van der Waals surface area contributed by atoms with Crippen molar-refractivity contribution in [2.75, 3.05) is 0 Å². The van der Waals surface area contributed by atoms with E-state index in [2.05, 4.69) is 43.3 Å². The fourth-order valence-electron chi connectivity index (χ4n) is 2.26. The molecule has 20 heavy (non-hydrogen) atoms. The molecule has 0 aliphatic carbocycles. The molecular weight excluding hydrogens is 270 g/mol. The van der Waals surface area contributed by atoms with Crippen molar-refractivity contribution in [3.05, 3.63) is 29.6 Å². The molecule has 0 aliphatic rings. The Labute approximate surface area is 125 Å². The molecule has 0 spiro atoms. The van der Waals surface area contributed by atoms with Crippen LogP contribution in [0, 0.1) is 16.7 Å². The first-order valence-corrected chi connectivity index (χ1v) is 7.25. The molecule has 106 valence electrons. The summed E-state index contributed by atoms with van der Waals surface area (Å²) < 4.78 is 2.17. The van der Waals surface area contributed by atoms with E-state index in [4.69, 9.17) is 16.9 Å². The minimum atomic E-state index is -0.169. The van der Waals surface area contributed by atoms with Crippen LogP contribution in [0.1, 0.15) is 57.4 Å². The standard InChI is InChI=1S/C16H20ClN3/c1-10(17)15-19-13-7-6-12(9-18)8-14(13)20(15)11(2)16(3,4)5/h6-8,10-11H,1-5H3. The highest BCUT2D eigenvalue weighted by Crippen LogP contribution is 2.36. The predicted molar refractivity (Wildman–Crippen MR) is 82.9 cm³/mol. The maximum Gasteiger partial charge on any atom is 0.127 e. The smallest absolute Gasteiger partial charge is 0.127 e. The molecule has 2 rings (SSSR count). The first-order chi connectivity index (χ1) is 9.25. The number of fused-ring (bicyclic) bond motifs is 1. The highest BCUT2D eigenvalue weighted by molar-refractivity contribution is 6.20.